The van der Waals surface area contributed by atoms with Crippen molar-refractivity contribution >= 4 is 6.08 Å². The zero-order valence-corrected chi connectivity index (χ0v) is 6.43. The fourth-order valence-corrected chi connectivity index (χ4v) is 0.482. The van der Waals surface area contributed by atoms with Crippen molar-refractivity contribution in [3.8, 4) is 0 Å². The molecule has 0 atom stereocenters. The maximum atomic E-state index is 9.55. The molecule has 0 heterocycles. The fourth-order valence-electron chi connectivity index (χ4n) is 0.482. The van der Waals surface area contributed by atoms with E-state index in [-0.39, 0.29) is 6.61 Å². The van der Waals surface area contributed by atoms with E-state index >= 15 is 0 Å². The van der Waals surface area contributed by atoms with Crippen molar-refractivity contribution in [2.45, 2.75) is 0 Å². The van der Waals surface area contributed by atoms with Gasteiger partial charge >= 0.3 is 0 Å². The lowest BCUT2D eigenvalue weighted by Gasteiger charge is -2.24. The highest BCUT2D eigenvalue weighted by molar-refractivity contribution is 5.31. The van der Waals surface area contributed by atoms with Crippen LogP contribution in [-0.2, 0) is 9.63 Å². The number of nitrogens with zero attached hydrogens (tertiary/aromatic N) is 1. The van der Waals surface area contributed by atoms with Crippen molar-refractivity contribution in [2.75, 3.05) is 26.4 Å². The van der Waals surface area contributed by atoms with Crippen LogP contribution < -0.4 is 0 Å². The normalized spacial score (nSPS) is 10.6. The number of isocyanates is 1. The van der Waals surface area contributed by atoms with Crippen molar-refractivity contribution < 1.29 is 25.0 Å². The second-order valence-corrected chi connectivity index (χ2v) is 2.43. The molecule has 0 spiro atoms. The molecule has 0 aromatic carbocycles. The monoisotopic (exact) mass is 177 g/mol. The van der Waals surface area contributed by atoms with E-state index in [1.54, 1.807) is 0 Å². The van der Waals surface area contributed by atoms with E-state index in [4.69, 9.17) is 15.3 Å². The number of carbonyl (C=O) groups excluding carboxylic acids is 1. The van der Waals surface area contributed by atoms with Crippen LogP contribution in [0.5, 0.6) is 0 Å². The number of aliphatic hydroxyl groups is 3. The van der Waals surface area contributed by atoms with Gasteiger partial charge in [-0.15, -0.1) is 0 Å². The van der Waals surface area contributed by atoms with Gasteiger partial charge in [-0.2, -0.15) is 0 Å². The van der Waals surface area contributed by atoms with Crippen LogP contribution >= 0.6 is 0 Å². The summed E-state index contributed by atoms with van der Waals surface area (Å²) in [6.45, 7) is -1.58. The molecular weight excluding hydrogens is 166 g/mol. The summed E-state index contributed by atoms with van der Waals surface area (Å²) in [5.41, 5.74) is -1.15. The average Bonchev–Trinajstić information content (AvgIpc) is 2.14. The Bertz CT molecular complexity index is 153. The third kappa shape index (κ3) is 2.98. The van der Waals surface area contributed by atoms with Crippen LogP contribution in [0, 0.1) is 5.41 Å². The molecule has 12 heavy (non-hydrogen) atoms. The smallest absolute Gasteiger partial charge is 0.276 e. The molecule has 0 aromatic heterocycles. The molecule has 0 amide bonds. The van der Waals surface area contributed by atoms with Crippen molar-refractivity contribution in [1.29, 1.82) is 0 Å². The van der Waals surface area contributed by atoms with Crippen molar-refractivity contribution in [3.05, 3.63) is 0 Å². The summed E-state index contributed by atoms with van der Waals surface area (Å²) in [6.07, 6.45) is 1.12. The molecule has 3 N–H and O–H groups in total. The topological polar surface area (TPSA) is 99.4 Å². The number of rotatable bonds is 6. The molecule has 0 bridgehead atoms. The van der Waals surface area contributed by atoms with E-state index < -0.39 is 25.2 Å². The minimum atomic E-state index is -1.15. The minimum Gasteiger partial charge on any atom is -0.395 e. The summed E-state index contributed by atoms with van der Waals surface area (Å²) < 4.78 is 0. The Labute approximate surface area is 69.1 Å². The average molecular weight is 177 g/mol. The van der Waals surface area contributed by atoms with Crippen molar-refractivity contribution in [1.82, 2.24) is 0 Å². The molecule has 0 aliphatic heterocycles. The van der Waals surface area contributed by atoms with E-state index in [9.17, 15) is 4.79 Å². The third-order valence-corrected chi connectivity index (χ3v) is 1.48. The first-order valence-electron chi connectivity index (χ1n) is 3.26. The standard InChI is InChI=1S/C6H11NO5/c8-1-6(2-9,3-10)4-12-7-5-11/h8-10H,1-4H2. The summed E-state index contributed by atoms with van der Waals surface area (Å²) >= 11 is 0. The number of hydrogen-bond acceptors (Lipinski definition) is 6. The van der Waals surface area contributed by atoms with Gasteiger partial charge in [-0.3, -0.25) is 0 Å². The Kier molecular flexibility index (Phi) is 5.23. The Morgan fingerprint density at radius 1 is 1.25 bits per heavy atom. The molecule has 0 aliphatic carbocycles. The molecule has 0 aliphatic rings. The van der Waals surface area contributed by atoms with Crippen molar-refractivity contribution in [3.63, 3.8) is 0 Å². The third-order valence-electron chi connectivity index (χ3n) is 1.48. The van der Waals surface area contributed by atoms with Gasteiger partial charge in [-0.1, -0.05) is 0 Å². The maximum Gasteiger partial charge on any atom is 0.276 e. The van der Waals surface area contributed by atoms with Crippen LogP contribution in [0.4, 0.5) is 0 Å². The van der Waals surface area contributed by atoms with Crippen LogP contribution in [0.25, 0.3) is 0 Å². The Balaban J connectivity index is 4.00. The first-order valence-corrected chi connectivity index (χ1v) is 3.26. The SMILES string of the molecule is O=C=NOCC(CO)(CO)CO. The molecule has 0 fully saturated rings. The molecule has 0 aromatic rings. The van der Waals surface area contributed by atoms with Crippen LogP contribution in [-0.4, -0.2) is 47.8 Å². The summed E-state index contributed by atoms with van der Waals surface area (Å²) in [6, 6.07) is 0. The highest BCUT2D eigenvalue weighted by Gasteiger charge is 2.29. The Morgan fingerprint density at radius 3 is 2.08 bits per heavy atom. The van der Waals surface area contributed by atoms with Gasteiger partial charge in [0.1, 0.15) is 6.61 Å². The summed E-state index contributed by atoms with van der Waals surface area (Å²) in [7, 11) is 0. The molecule has 6 nitrogen and oxygen atoms in total. The Morgan fingerprint density at radius 2 is 1.75 bits per heavy atom. The minimum absolute atomic E-state index is 0.230. The van der Waals surface area contributed by atoms with Gasteiger partial charge < -0.3 is 20.2 Å². The summed E-state index contributed by atoms with van der Waals surface area (Å²) in [5, 5.41) is 29.0. The van der Waals surface area contributed by atoms with Gasteiger partial charge in [0.05, 0.1) is 25.2 Å². The van der Waals surface area contributed by atoms with Gasteiger partial charge in [0.15, 0.2) is 0 Å². The van der Waals surface area contributed by atoms with Gasteiger partial charge in [0.2, 0.25) is 0 Å². The van der Waals surface area contributed by atoms with E-state index in [0.717, 1.165) is 6.08 Å². The number of aliphatic hydroxyl groups excluding tert-OH is 3. The highest BCUT2D eigenvalue weighted by Crippen LogP contribution is 2.14. The largest absolute Gasteiger partial charge is 0.395 e. The zero-order chi connectivity index (χ0) is 9.45. The lowest BCUT2D eigenvalue weighted by Crippen LogP contribution is -2.38. The fraction of sp³-hybridized carbons (Fsp3) is 0.833. The van der Waals surface area contributed by atoms with Gasteiger partial charge in [-0.05, 0) is 0 Å². The summed E-state index contributed by atoms with van der Waals surface area (Å²) in [4.78, 5) is 13.9. The summed E-state index contributed by atoms with van der Waals surface area (Å²) in [5.74, 6) is 0. The van der Waals surface area contributed by atoms with Gasteiger partial charge in [0.25, 0.3) is 6.08 Å². The second kappa shape index (κ2) is 5.68. The van der Waals surface area contributed by atoms with Gasteiger partial charge in [0, 0.05) is 5.16 Å². The molecule has 6 heteroatoms. The highest BCUT2D eigenvalue weighted by atomic mass is 16.6. The zero-order valence-electron chi connectivity index (χ0n) is 6.43. The molecule has 70 valence electrons. The molecule has 0 saturated heterocycles. The van der Waals surface area contributed by atoms with Crippen LogP contribution in [0.1, 0.15) is 0 Å². The van der Waals surface area contributed by atoms with Gasteiger partial charge in [-0.25, -0.2) is 4.79 Å². The van der Waals surface area contributed by atoms with E-state index in [1.807, 2.05) is 0 Å². The van der Waals surface area contributed by atoms with E-state index in [0.29, 0.717) is 0 Å². The molecule has 0 rings (SSSR count). The van der Waals surface area contributed by atoms with Crippen molar-refractivity contribution in [2.24, 2.45) is 10.6 Å². The molecule has 0 radical (unpaired) electrons. The maximum absolute atomic E-state index is 9.55. The molecule has 0 unspecified atom stereocenters. The van der Waals surface area contributed by atoms with E-state index in [1.165, 1.54) is 0 Å². The molecular formula is C6H11NO5. The second-order valence-electron chi connectivity index (χ2n) is 2.43. The quantitative estimate of drug-likeness (QED) is 0.253. The van der Waals surface area contributed by atoms with E-state index in [2.05, 4.69) is 9.99 Å². The lowest BCUT2D eigenvalue weighted by molar-refractivity contribution is -0.0568. The van der Waals surface area contributed by atoms with Crippen LogP contribution in [0.15, 0.2) is 5.16 Å². The number of hydrogen-bond donors (Lipinski definition) is 3. The predicted molar refractivity (Wildman–Crippen MR) is 37.8 cm³/mol. The van der Waals surface area contributed by atoms with Crippen LogP contribution in [0.2, 0.25) is 0 Å². The Hall–Kier alpha value is -0.940. The lowest BCUT2D eigenvalue weighted by atomic mass is 9.93. The predicted octanol–water partition coefficient (Wildman–Crippen LogP) is -1.78. The molecule has 0 saturated carbocycles. The van der Waals surface area contributed by atoms with Crippen LogP contribution in [0.3, 0.4) is 0 Å². The first kappa shape index (κ1) is 11.1. The first-order chi connectivity index (χ1) is 5.74.